The van der Waals surface area contributed by atoms with Crippen LogP contribution < -0.4 is 5.73 Å². The Kier molecular flexibility index (Phi) is 2.37. The molecule has 0 amide bonds. The van der Waals surface area contributed by atoms with Crippen molar-refractivity contribution in [3.8, 4) is 0 Å². The van der Waals surface area contributed by atoms with Crippen LogP contribution in [-0.2, 0) is 6.54 Å². The molecular weight excluding hydrogens is 250 g/mol. The number of thiophene rings is 1. The zero-order valence-electron chi connectivity index (χ0n) is 6.77. The smallest absolute Gasteiger partial charge is 0.145 e. The molecule has 0 saturated heterocycles. The number of nitrogens with two attached hydrogens (primary N) is 1. The number of anilines is 1. The van der Waals surface area contributed by atoms with Crippen LogP contribution in [0.15, 0.2) is 28.2 Å². The first-order chi connectivity index (χ1) is 6.24. The van der Waals surface area contributed by atoms with E-state index in [-0.39, 0.29) is 0 Å². The molecule has 0 aliphatic heterocycles. The van der Waals surface area contributed by atoms with E-state index < -0.39 is 0 Å². The van der Waals surface area contributed by atoms with Gasteiger partial charge in [-0.3, -0.25) is 4.68 Å². The molecular formula is C8H8BrN3S. The van der Waals surface area contributed by atoms with Crippen molar-refractivity contribution in [2.75, 3.05) is 5.73 Å². The van der Waals surface area contributed by atoms with Gasteiger partial charge in [-0.15, -0.1) is 11.3 Å². The number of nitrogens with zero attached hydrogens (tertiary/aromatic N) is 2. The Morgan fingerprint density at radius 3 is 2.85 bits per heavy atom. The predicted octanol–water partition coefficient (Wildman–Crippen LogP) is 2.34. The second kappa shape index (κ2) is 3.51. The average molecular weight is 258 g/mol. The molecule has 13 heavy (non-hydrogen) atoms. The van der Waals surface area contributed by atoms with Crippen molar-refractivity contribution in [1.29, 1.82) is 0 Å². The lowest BCUT2D eigenvalue weighted by Gasteiger charge is -1.96. The number of halogens is 1. The van der Waals surface area contributed by atoms with Gasteiger partial charge in [-0.05, 0) is 34.1 Å². The largest absolute Gasteiger partial charge is 0.382 e. The highest BCUT2D eigenvalue weighted by atomic mass is 79.9. The Balaban J connectivity index is 2.14. The zero-order chi connectivity index (χ0) is 9.26. The van der Waals surface area contributed by atoms with E-state index in [9.17, 15) is 0 Å². The van der Waals surface area contributed by atoms with Crippen LogP contribution in [0.1, 0.15) is 4.88 Å². The van der Waals surface area contributed by atoms with Crippen LogP contribution in [0.5, 0.6) is 0 Å². The third-order valence-corrected chi connectivity index (χ3v) is 3.22. The van der Waals surface area contributed by atoms with Gasteiger partial charge in [0, 0.05) is 11.1 Å². The van der Waals surface area contributed by atoms with Gasteiger partial charge in [0.25, 0.3) is 0 Å². The van der Waals surface area contributed by atoms with Gasteiger partial charge in [0.1, 0.15) is 5.82 Å². The number of nitrogen functional groups attached to an aromatic ring is 1. The third-order valence-electron chi connectivity index (χ3n) is 1.61. The molecule has 2 heterocycles. The van der Waals surface area contributed by atoms with E-state index in [1.807, 2.05) is 16.9 Å². The summed E-state index contributed by atoms with van der Waals surface area (Å²) >= 11 is 5.12. The summed E-state index contributed by atoms with van der Waals surface area (Å²) in [5.74, 6) is 0.565. The fraction of sp³-hybridized carbons (Fsp3) is 0.125. The number of hydrogen-bond donors (Lipinski definition) is 1. The first-order valence-corrected chi connectivity index (χ1v) is 5.38. The topological polar surface area (TPSA) is 43.8 Å². The van der Waals surface area contributed by atoms with Crippen molar-refractivity contribution >= 4 is 33.1 Å². The molecule has 2 N–H and O–H groups in total. The number of hydrogen-bond acceptors (Lipinski definition) is 3. The van der Waals surface area contributed by atoms with Crippen LogP contribution in [0, 0.1) is 0 Å². The van der Waals surface area contributed by atoms with Gasteiger partial charge in [-0.1, -0.05) is 0 Å². The summed E-state index contributed by atoms with van der Waals surface area (Å²) < 4.78 is 2.97. The molecule has 0 spiro atoms. The lowest BCUT2D eigenvalue weighted by Crippen LogP contribution is -1.99. The normalized spacial score (nSPS) is 10.5. The van der Waals surface area contributed by atoms with Gasteiger partial charge in [-0.2, -0.15) is 5.10 Å². The maximum atomic E-state index is 5.50. The number of aromatic nitrogens is 2. The second-order valence-corrected chi connectivity index (χ2v) is 5.19. The second-order valence-electron chi connectivity index (χ2n) is 2.64. The molecule has 0 aliphatic carbocycles. The fourth-order valence-electron chi connectivity index (χ4n) is 1.06. The van der Waals surface area contributed by atoms with Crippen LogP contribution in [0.3, 0.4) is 0 Å². The standard InChI is InChI=1S/C8H8BrN3S/c9-7-2-1-6(13-7)5-12-4-3-8(10)11-12/h1-4H,5H2,(H2,10,11). The highest BCUT2D eigenvalue weighted by molar-refractivity contribution is 9.11. The fourth-order valence-corrected chi connectivity index (χ4v) is 2.54. The van der Waals surface area contributed by atoms with Gasteiger partial charge in [0.05, 0.1) is 10.3 Å². The minimum atomic E-state index is 0.565. The van der Waals surface area contributed by atoms with E-state index >= 15 is 0 Å². The number of rotatable bonds is 2. The molecule has 0 atom stereocenters. The summed E-state index contributed by atoms with van der Waals surface area (Å²) in [6, 6.07) is 5.90. The Hall–Kier alpha value is -0.810. The highest BCUT2D eigenvalue weighted by Gasteiger charge is 1.99. The maximum Gasteiger partial charge on any atom is 0.145 e. The van der Waals surface area contributed by atoms with Gasteiger partial charge in [0.2, 0.25) is 0 Å². The SMILES string of the molecule is Nc1ccn(Cc2ccc(Br)s2)n1. The highest BCUT2D eigenvalue weighted by Crippen LogP contribution is 2.22. The lowest BCUT2D eigenvalue weighted by atomic mass is 10.5. The van der Waals surface area contributed by atoms with Crippen molar-refractivity contribution < 1.29 is 0 Å². The Labute approximate surface area is 88.3 Å². The Morgan fingerprint density at radius 1 is 1.46 bits per heavy atom. The quantitative estimate of drug-likeness (QED) is 0.898. The summed E-state index contributed by atoms with van der Waals surface area (Å²) in [7, 11) is 0. The molecule has 2 aromatic rings. The molecule has 0 aliphatic rings. The van der Waals surface area contributed by atoms with Crippen molar-refractivity contribution in [2.24, 2.45) is 0 Å². The van der Waals surface area contributed by atoms with Crippen LogP contribution in [0.2, 0.25) is 0 Å². The van der Waals surface area contributed by atoms with Crippen LogP contribution in [0.4, 0.5) is 5.82 Å². The molecule has 0 radical (unpaired) electrons. The zero-order valence-corrected chi connectivity index (χ0v) is 9.18. The molecule has 2 aromatic heterocycles. The van der Waals surface area contributed by atoms with E-state index in [2.05, 4.69) is 27.1 Å². The maximum absolute atomic E-state index is 5.50. The Morgan fingerprint density at radius 2 is 2.31 bits per heavy atom. The van der Waals surface area contributed by atoms with E-state index in [0.717, 1.165) is 10.3 Å². The van der Waals surface area contributed by atoms with E-state index in [4.69, 9.17) is 5.73 Å². The third kappa shape index (κ3) is 2.10. The summed E-state index contributed by atoms with van der Waals surface area (Å²) in [4.78, 5) is 1.26. The molecule has 5 heteroatoms. The van der Waals surface area contributed by atoms with E-state index in [0.29, 0.717) is 5.82 Å². The summed E-state index contributed by atoms with van der Waals surface area (Å²) in [5, 5.41) is 4.10. The van der Waals surface area contributed by atoms with Crippen LogP contribution >= 0.6 is 27.3 Å². The molecule has 68 valence electrons. The van der Waals surface area contributed by atoms with Crippen LogP contribution in [-0.4, -0.2) is 9.78 Å². The average Bonchev–Trinajstić information content (AvgIpc) is 2.62. The first-order valence-electron chi connectivity index (χ1n) is 3.77. The minimum Gasteiger partial charge on any atom is -0.382 e. The molecule has 0 fully saturated rings. The van der Waals surface area contributed by atoms with Crippen LogP contribution in [0.25, 0.3) is 0 Å². The minimum absolute atomic E-state index is 0.565. The molecule has 2 rings (SSSR count). The summed E-state index contributed by atoms with van der Waals surface area (Å²) in [6.45, 7) is 0.785. The predicted molar refractivity (Wildman–Crippen MR) is 57.8 cm³/mol. The summed E-state index contributed by atoms with van der Waals surface area (Å²) in [5.41, 5.74) is 5.50. The Bertz CT molecular complexity index is 369. The van der Waals surface area contributed by atoms with Crippen molar-refractivity contribution in [3.63, 3.8) is 0 Å². The molecule has 3 nitrogen and oxygen atoms in total. The first kappa shape index (κ1) is 8.77. The van der Waals surface area contributed by atoms with Crippen molar-refractivity contribution in [1.82, 2.24) is 9.78 Å². The van der Waals surface area contributed by atoms with Crippen molar-refractivity contribution in [2.45, 2.75) is 6.54 Å². The van der Waals surface area contributed by atoms with E-state index in [1.165, 1.54) is 4.88 Å². The monoisotopic (exact) mass is 257 g/mol. The van der Waals surface area contributed by atoms with Gasteiger partial charge >= 0.3 is 0 Å². The van der Waals surface area contributed by atoms with Gasteiger partial charge < -0.3 is 5.73 Å². The molecule has 0 aromatic carbocycles. The van der Waals surface area contributed by atoms with Gasteiger partial charge in [-0.25, -0.2) is 0 Å². The molecule has 0 unspecified atom stereocenters. The molecule has 0 saturated carbocycles. The lowest BCUT2D eigenvalue weighted by molar-refractivity contribution is 0.698. The van der Waals surface area contributed by atoms with Gasteiger partial charge in [0.15, 0.2) is 0 Å². The summed E-state index contributed by atoms with van der Waals surface area (Å²) in [6.07, 6.45) is 1.88. The van der Waals surface area contributed by atoms with Crippen molar-refractivity contribution in [3.05, 3.63) is 33.1 Å². The molecule has 0 bridgehead atoms. The van der Waals surface area contributed by atoms with E-state index in [1.54, 1.807) is 17.4 Å².